The van der Waals surface area contributed by atoms with Gasteiger partial charge in [0.15, 0.2) is 5.82 Å². The highest BCUT2D eigenvalue weighted by Crippen LogP contribution is 2.09. The van der Waals surface area contributed by atoms with Gasteiger partial charge in [-0.05, 0) is 13.0 Å². The highest BCUT2D eigenvalue weighted by Gasteiger charge is 2.09. The van der Waals surface area contributed by atoms with Crippen molar-refractivity contribution >= 4 is 11.7 Å². The van der Waals surface area contributed by atoms with Crippen molar-refractivity contribution in [1.29, 1.82) is 0 Å². The molecule has 0 fully saturated rings. The number of carbonyl (C=O) groups is 1. The predicted molar refractivity (Wildman–Crippen MR) is 54.6 cm³/mol. The summed E-state index contributed by atoms with van der Waals surface area (Å²) in [6.07, 6.45) is 5.67. The van der Waals surface area contributed by atoms with Crippen LogP contribution in [0.3, 0.4) is 0 Å². The smallest absolute Gasteiger partial charge is 0.255 e. The molecule has 0 aliphatic carbocycles. The third-order valence-corrected chi connectivity index (χ3v) is 1.61. The highest BCUT2D eigenvalue weighted by atomic mass is 16.2. The van der Waals surface area contributed by atoms with E-state index in [2.05, 4.69) is 23.1 Å². The fourth-order valence-corrected chi connectivity index (χ4v) is 0.905. The van der Waals surface area contributed by atoms with Gasteiger partial charge in [-0.2, -0.15) is 0 Å². The molecule has 0 bridgehead atoms. The van der Waals surface area contributed by atoms with Crippen molar-refractivity contribution in [2.75, 3.05) is 4.90 Å². The number of hydrogen-bond donors (Lipinski definition) is 0. The molecule has 4 heteroatoms. The summed E-state index contributed by atoms with van der Waals surface area (Å²) in [5, 5.41) is 0. The monoisotopic (exact) mass is 189 g/mol. The first-order valence-corrected chi connectivity index (χ1v) is 4.06. The summed E-state index contributed by atoms with van der Waals surface area (Å²) < 4.78 is 0. The molecule has 0 saturated heterocycles. The third kappa shape index (κ3) is 2.04. The number of carbonyl (C=O) groups excluding carboxylic acids is 1. The maximum absolute atomic E-state index is 11.3. The summed E-state index contributed by atoms with van der Waals surface area (Å²) in [5.74, 6) is 0.161. The van der Waals surface area contributed by atoms with Crippen molar-refractivity contribution in [3.05, 3.63) is 43.5 Å². The first-order valence-electron chi connectivity index (χ1n) is 4.06. The van der Waals surface area contributed by atoms with Crippen molar-refractivity contribution in [2.24, 2.45) is 0 Å². The molecule has 1 aromatic heterocycles. The molecule has 14 heavy (non-hydrogen) atoms. The van der Waals surface area contributed by atoms with E-state index in [9.17, 15) is 4.79 Å². The summed E-state index contributed by atoms with van der Waals surface area (Å²) in [5.41, 5.74) is 0.795. The van der Waals surface area contributed by atoms with E-state index in [0.29, 0.717) is 5.82 Å². The maximum Gasteiger partial charge on any atom is 0.255 e. The van der Waals surface area contributed by atoms with E-state index in [1.807, 2.05) is 6.92 Å². The second kappa shape index (κ2) is 4.32. The van der Waals surface area contributed by atoms with Crippen molar-refractivity contribution in [3.63, 3.8) is 0 Å². The molecule has 0 radical (unpaired) electrons. The van der Waals surface area contributed by atoms with Gasteiger partial charge < -0.3 is 0 Å². The highest BCUT2D eigenvalue weighted by molar-refractivity contribution is 6.01. The van der Waals surface area contributed by atoms with E-state index < -0.39 is 0 Å². The van der Waals surface area contributed by atoms with Crippen LogP contribution in [0.4, 0.5) is 5.82 Å². The summed E-state index contributed by atoms with van der Waals surface area (Å²) in [7, 11) is 0. The Morgan fingerprint density at radius 3 is 2.57 bits per heavy atom. The standard InChI is InChI=1S/C10H11N3O/c1-4-10(14)13(5-2)9-7-11-8(3)6-12-9/h4-7H,1-2H2,3H3. The zero-order chi connectivity index (χ0) is 10.6. The Hall–Kier alpha value is -1.97. The molecular weight excluding hydrogens is 178 g/mol. The second-order valence-electron chi connectivity index (χ2n) is 2.61. The number of rotatable bonds is 3. The minimum absolute atomic E-state index is 0.279. The van der Waals surface area contributed by atoms with Crippen molar-refractivity contribution < 1.29 is 4.79 Å². The number of nitrogens with zero attached hydrogens (tertiary/aromatic N) is 3. The first kappa shape index (κ1) is 10.1. The largest absolute Gasteiger partial charge is 0.269 e. The topological polar surface area (TPSA) is 46.1 Å². The molecule has 4 nitrogen and oxygen atoms in total. The Morgan fingerprint density at radius 2 is 2.14 bits per heavy atom. The lowest BCUT2D eigenvalue weighted by Crippen LogP contribution is -2.23. The Balaban J connectivity index is 3.00. The van der Waals surface area contributed by atoms with Crippen LogP contribution in [0.5, 0.6) is 0 Å². The molecule has 1 heterocycles. The minimum atomic E-state index is -0.279. The lowest BCUT2D eigenvalue weighted by molar-refractivity contribution is -0.113. The van der Waals surface area contributed by atoms with Crippen molar-refractivity contribution in [3.8, 4) is 0 Å². The number of hydrogen-bond acceptors (Lipinski definition) is 3. The number of anilines is 1. The van der Waals surface area contributed by atoms with E-state index >= 15 is 0 Å². The van der Waals surface area contributed by atoms with Crippen LogP contribution < -0.4 is 4.90 Å². The third-order valence-electron chi connectivity index (χ3n) is 1.61. The van der Waals surface area contributed by atoms with Crippen LogP contribution in [0.2, 0.25) is 0 Å². The van der Waals surface area contributed by atoms with E-state index in [1.165, 1.54) is 23.4 Å². The molecule has 1 amide bonds. The Bertz CT molecular complexity index is 356. The maximum atomic E-state index is 11.3. The van der Waals surface area contributed by atoms with Gasteiger partial charge in [0.2, 0.25) is 0 Å². The van der Waals surface area contributed by atoms with Gasteiger partial charge in [0, 0.05) is 6.20 Å². The van der Waals surface area contributed by atoms with Gasteiger partial charge in [-0.3, -0.25) is 14.7 Å². The zero-order valence-corrected chi connectivity index (χ0v) is 7.97. The van der Waals surface area contributed by atoms with Gasteiger partial charge in [-0.25, -0.2) is 4.98 Å². The molecule has 0 aromatic carbocycles. The van der Waals surface area contributed by atoms with E-state index in [4.69, 9.17) is 0 Å². The molecule has 0 aliphatic heterocycles. The molecule has 1 rings (SSSR count). The fraction of sp³-hybridized carbons (Fsp3) is 0.100. The molecule has 72 valence electrons. The van der Waals surface area contributed by atoms with Gasteiger partial charge in [0.25, 0.3) is 5.91 Å². The number of aromatic nitrogens is 2. The van der Waals surface area contributed by atoms with Crippen LogP contribution in [0.25, 0.3) is 0 Å². The molecule has 0 saturated carbocycles. The van der Waals surface area contributed by atoms with Crippen LogP contribution in [-0.2, 0) is 4.79 Å². The van der Waals surface area contributed by atoms with Crippen LogP contribution in [0, 0.1) is 6.92 Å². The lowest BCUT2D eigenvalue weighted by Gasteiger charge is -2.13. The first-order chi connectivity index (χ1) is 6.69. The zero-order valence-electron chi connectivity index (χ0n) is 7.97. The molecule has 0 atom stereocenters. The summed E-state index contributed by atoms with van der Waals surface area (Å²) in [6, 6.07) is 0. The van der Waals surface area contributed by atoms with Gasteiger partial charge in [0.1, 0.15) is 0 Å². The van der Waals surface area contributed by atoms with Crippen LogP contribution in [0.15, 0.2) is 37.8 Å². The Kier molecular flexibility index (Phi) is 3.12. The Labute approximate surface area is 82.6 Å². The van der Waals surface area contributed by atoms with Crippen LogP contribution >= 0.6 is 0 Å². The van der Waals surface area contributed by atoms with Crippen LogP contribution in [0.1, 0.15) is 5.69 Å². The molecule has 0 aliphatic rings. The predicted octanol–water partition coefficient (Wildman–Crippen LogP) is 1.45. The quantitative estimate of drug-likeness (QED) is 0.676. The summed E-state index contributed by atoms with van der Waals surface area (Å²) >= 11 is 0. The van der Waals surface area contributed by atoms with E-state index in [-0.39, 0.29) is 5.91 Å². The van der Waals surface area contributed by atoms with Crippen LogP contribution in [-0.4, -0.2) is 15.9 Å². The molecule has 0 N–H and O–H groups in total. The van der Waals surface area contributed by atoms with Crippen molar-refractivity contribution in [2.45, 2.75) is 6.92 Å². The summed E-state index contributed by atoms with van der Waals surface area (Å²) in [4.78, 5) is 20.6. The molecule has 0 spiro atoms. The Morgan fingerprint density at radius 1 is 1.43 bits per heavy atom. The average molecular weight is 189 g/mol. The molecule has 0 unspecified atom stereocenters. The SMILES string of the molecule is C=CC(=O)N(C=C)c1cnc(C)cn1. The van der Waals surface area contributed by atoms with E-state index in [0.717, 1.165) is 5.69 Å². The lowest BCUT2D eigenvalue weighted by atomic mass is 10.4. The minimum Gasteiger partial charge on any atom is -0.269 e. The van der Waals surface area contributed by atoms with Gasteiger partial charge in [0.05, 0.1) is 18.1 Å². The number of amides is 1. The summed E-state index contributed by atoms with van der Waals surface area (Å²) in [6.45, 7) is 8.73. The van der Waals surface area contributed by atoms with E-state index in [1.54, 1.807) is 6.20 Å². The van der Waals surface area contributed by atoms with Gasteiger partial charge >= 0.3 is 0 Å². The van der Waals surface area contributed by atoms with Crippen molar-refractivity contribution in [1.82, 2.24) is 9.97 Å². The second-order valence-corrected chi connectivity index (χ2v) is 2.61. The normalized spacial score (nSPS) is 9.21. The molecular formula is C10H11N3O. The van der Waals surface area contributed by atoms with Gasteiger partial charge in [-0.1, -0.05) is 13.2 Å². The van der Waals surface area contributed by atoms with Gasteiger partial charge in [-0.15, -0.1) is 0 Å². The fourth-order valence-electron chi connectivity index (χ4n) is 0.905. The number of aryl methyl sites for hydroxylation is 1. The average Bonchev–Trinajstić information content (AvgIpc) is 2.21. The molecule has 1 aromatic rings.